The summed E-state index contributed by atoms with van der Waals surface area (Å²) in [7, 11) is 1.66. The molecule has 11 heteroatoms. The highest BCUT2D eigenvalue weighted by Crippen LogP contribution is 2.29. The molecule has 0 radical (unpaired) electrons. The maximum atomic E-state index is 13.1. The van der Waals surface area contributed by atoms with Crippen molar-refractivity contribution in [1.82, 2.24) is 30.0 Å². The second-order valence-electron chi connectivity index (χ2n) is 10.0. The highest BCUT2D eigenvalue weighted by Gasteiger charge is 2.26. The first-order chi connectivity index (χ1) is 17.2. The number of thiazole rings is 1. The fourth-order valence-corrected chi connectivity index (χ4v) is 5.34. The van der Waals surface area contributed by atoms with Crippen LogP contribution in [0.15, 0.2) is 39.9 Å². The monoisotopic (exact) mass is 507 g/mol. The minimum Gasteiger partial charge on any atom is -0.359 e. The van der Waals surface area contributed by atoms with Gasteiger partial charge >= 0.3 is 0 Å². The lowest BCUT2D eigenvalue weighted by molar-refractivity contribution is -0.125. The lowest BCUT2D eigenvalue weighted by Crippen LogP contribution is -2.39. The maximum absolute atomic E-state index is 13.1. The first-order valence-electron chi connectivity index (χ1n) is 12.0. The van der Waals surface area contributed by atoms with Gasteiger partial charge < -0.3 is 14.7 Å². The predicted octanol–water partition coefficient (Wildman–Crippen LogP) is 3.21. The van der Waals surface area contributed by atoms with Crippen LogP contribution in [0.25, 0.3) is 21.7 Å². The van der Waals surface area contributed by atoms with Crippen LogP contribution >= 0.6 is 11.3 Å². The van der Waals surface area contributed by atoms with Gasteiger partial charge in [-0.3, -0.25) is 14.2 Å². The number of carbonyl (C=O) groups is 1. The van der Waals surface area contributed by atoms with E-state index in [9.17, 15) is 9.59 Å². The Morgan fingerprint density at radius 3 is 2.56 bits per heavy atom. The third-order valence-corrected chi connectivity index (χ3v) is 7.63. The van der Waals surface area contributed by atoms with Crippen LogP contribution in [-0.4, -0.2) is 50.7 Å². The molecule has 0 atom stereocenters. The minimum absolute atomic E-state index is 0.0201. The molecular weight excluding hydrogens is 478 g/mol. The van der Waals surface area contributed by atoms with Gasteiger partial charge in [0.15, 0.2) is 10.8 Å². The molecule has 5 rings (SSSR count). The fourth-order valence-electron chi connectivity index (χ4n) is 4.32. The number of anilines is 1. The summed E-state index contributed by atoms with van der Waals surface area (Å²) in [6.45, 7) is 8.05. The van der Waals surface area contributed by atoms with Crippen molar-refractivity contribution in [2.45, 2.75) is 45.6 Å². The predicted molar refractivity (Wildman–Crippen MR) is 138 cm³/mol. The number of fused-ring (bicyclic) bond motifs is 1. The summed E-state index contributed by atoms with van der Waals surface area (Å²) >= 11 is 1.33. The van der Waals surface area contributed by atoms with E-state index in [0.717, 1.165) is 23.5 Å². The smallest absolute Gasteiger partial charge is 0.273 e. The van der Waals surface area contributed by atoms with Crippen molar-refractivity contribution in [2.24, 2.45) is 5.92 Å². The van der Waals surface area contributed by atoms with Crippen molar-refractivity contribution in [3.8, 4) is 11.4 Å². The van der Waals surface area contributed by atoms with E-state index in [2.05, 4.69) is 63.2 Å². The topological polar surface area (TPSA) is 119 Å². The summed E-state index contributed by atoms with van der Waals surface area (Å²) in [6.07, 6.45) is 2.98. The van der Waals surface area contributed by atoms with Gasteiger partial charge in [0.25, 0.3) is 5.56 Å². The molecule has 36 heavy (non-hydrogen) atoms. The quantitative estimate of drug-likeness (QED) is 0.437. The molecular formula is C25H29N7O3S. The average Bonchev–Trinajstić information content (AvgIpc) is 3.53. The van der Waals surface area contributed by atoms with Crippen molar-refractivity contribution < 1.29 is 9.32 Å². The third kappa shape index (κ3) is 4.75. The molecule has 3 aromatic heterocycles. The van der Waals surface area contributed by atoms with Gasteiger partial charge in [0.1, 0.15) is 17.6 Å². The number of piperidine rings is 1. The van der Waals surface area contributed by atoms with E-state index in [4.69, 9.17) is 4.52 Å². The molecule has 0 bridgehead atoms. The van der Waals surface area contributed by atoms with Crippen LogP contribution in [0, 0.1) is 5.92 Å². The van der Waals surface area contributed by atoms with Gasteiger partial charge in [-0.05, 0) is 23.8 Å². The Labute approximate surface area is 212 Å². The molecule has 1 fully saturated rings. The number of amides is 1. The van der Waals surface area contributed by atoms with Gasteiger partial charge in [-0.25, -0.2) is 4.98 Å². The molecule has 4 heterocycles. The Hall–Kier alpha value is -3.60. The molecule has 1 amide bonds. The van der Waals surface area contributed by atoms with Crippen LogP contribution in [0.1, 0.15) is 45.1 Å². The Bertz CT molecular complexity index is 1440. The number of rotatable bonds is 5. The van der Waals surface area contributed by atoms with Crippen molar-refractivity contribution in [2.75, 3.05) is 25.0 Å². The first-order valence-corrected chi connectivity index (χ1v) is 12.8. The van der Waals surface area contributed by atoms with E-state index in [1.807, 2.05) is 12.1 Å². The van der Waals surface area contributed by atoms with E-state index >= 15 is 0 Å². The average molecular weight is 508 g/mol. The molecule has 4 aromatic rings. The Kier molecular flexibility index (Phi) is 6.33. The highest BCUT2D eigenvalue weighted by atomic mass is 32.1. The number of nitrogens with one attached hydrogen (secondary N) is 1. The Morgan fingerprint density at radius 1 is 1.17 bits per heavy atom. The Morgan fingerprint density at radius 2 is 1.89 bits per heavy atom. The summed E-state index contributed by atoms with van der Waals surface area (Å²) in [4.78, 5) is 40.6. The zero-order chi connectivity index (χ0) is 25.4. The Balaban J connectivity index is 1.31. The van der Waals surface area contributed by atoms with Gasteiger partial charge in [-0.2, -0.15) is 9.97 Å². The number of benzene rings is 1. The van der Waals surface area contributed by atoms with Crippen LogP contribution < -0.4 is 15.8 Å². The largest absolute Gasteiger partial charge is 0.359 e. The van der Waals surface area contributed by atoms with Gasteiger partial charge in [-0.15, -0.1) is 0 Å². The van der Waals surface area contributed by atoms with Gasteiger partial charge in [0.05, 0.1) is 0 Å². The number of hydrogen-bond donors (Lipinski definition) is 1. The van der Waals surface area contributed by atoms with Crippen molar-refractivity contribution >= 4 is 32.7 Å². The molecule has 1 N–H and O–H groups in total. The SMILES string of the molecule is CNC(=O)C1CCN(c2nc3ncn(Cc4nc(-c5ccc(C(C)(C)C)cc5)no4)c(=O)c3s2)CC1. The lowest BCUT2D eigenvalue weighted by atomic mass is 9.87. The second kappa shape index (κ2) is 9.45. The molecule has 0 saturated carbocycles. The number of carbonyl (C=O) groups excluding carboxylic acids is 1. The molecule has 0 spiro atoms. The number of nitrogens with zero attached hydrogens (tertiary/aromatic N) is 6. The summed E-state index contributed by atoms with van der Waals surface area (Å²) in [5, 5.41) is 7.56. The standard InChI is InChI=1S/C25H29N7O3S/c1-25(2,3)17-7-5-15(6-8-17)20-28-18(35-30-20)13-32-14-27-21-19(23(32)34)36-24(29-21)31-11-9-16(10-12-31)22(33)26-4/h5-8,14,16H,9-13H2,1-4H3,(H,26,33). The molecule has 1 aliphatic rings. The molecule has 0 unspecified atom stereocenters. The molecule has 0 aliphatic carbocycles. The highest BCUT2D eigenvalue weighted by molar-refractivity contribution is 7.22. The fraction of sp³-hybridized carbons (Fsp3) is 0.440. The van der Waals surface area contributed by atoms with Crippen molar-refractivity contribution in [3.05, 3.63) is 52.4 Å². The lowest BCUT2D eigenvalue weighted by Gasteiger charge is -2.30. The molecule has 1 aliphatic heterocycles. The van der Waals surface area contributed by atoms with Crippen LogP contribution in [0.2, 0.25) is 0 Å². The van der Waals surface area contributed by atoms with Crippen LogP contribution in [-0.2, 0) is 16.8 Å². The van der Waals surface area contributed by atoms with E-state index in [1.54, 1.807) is 7.05 Å². The van der Waals surface area contributed by atoms with Crippen LogP contribution in [0.5, 0.6) is 0 Å². The van der Waals surface area contributed by atoms with Crippen molar-refractivity contribution in [3.63, 3.8) is 0 Å². The van der Waals surface area contributed by atoms with Crippen LogP contribution in [0.4, 0.5) is 5.13 Å². The molecule has 1 aromatic carbocycles. The minimum atomic E-state index is -0.196. The zero-order valence-electron chi connectivity index (χ0n) is 20.8. The second-order valence-corrected chi connectivity index (χ2v) is 11.0. The van der Waals surface area contributed by atoms with E-state index in [-0.39, 0.29) is 29.3 Å². The van der Waals surface area contributed by atoms with E-state index in [0.29, 0.717) is 35.2 Å². The molecule has 188 valence electrons. The van der Waals surface area contributed by atoms with E-state index < -0.39 is 0 Å². The normalized spacial score (nSPS) is 14.9. The summed E-state index contributed by atoms with van der Waals surface area (Å²) in [5.41, 5.74) is 2.37. The summed E-state index contributed by atoms with van der Waals surface area (Å²) in [6, 6.07) is 8.09. The number of aromatic nitrogens is 5. The molecule has 1 saturated heterocycles. The summed E-state index contributed by atoms with van der Waals surface area (Å²) in [5.74, 6) is 0.906. The van der Waals surface area contributed by atoms with Crippen LogP contribution in [0.3, 0.4) is 0 Å². The summed E-state index contributed by atoms with van der Waals surface area (Å²) < 4.78 is 7.37. The third-order valence-electron chi connectivity index (χ3n) is 6.54. The van der Waals surface area contributed by atoms with E-state index in [1.165, 1.54) is 27.8 Å². The first kappa shape index (κ1) is 24.1. The molecule has 10 nitrogen and oxygen atoms in total. The van der Waals surface area contributed by atoms with Crippen molar-refractivity contribution in [1.29, 1.82) is 0 Å². The maximum Gasteiger partial charge on any atom is 0.273 e. The van der Waals surface area contributed by atoms with Gasteiger partial charge in [-0.1, -0.05) is 61.5 Å². The number of hydrogen-bond acceptors (Lipinski definition) is 9. The van der Waals surface area contributed by atoms with Gasteiger partial charge in [0.2, 0.25) is 17.6 Å². The zero-order valence-corrected chi connectivity index (χ0v) is 21.6. The van der Waals surface area contributed by atoms with Gasteiger partial charge in [0, 0.05) is 31.6 Å².